The molecule has 1 heterocycles. The molecule has 0 amide bonds. The molecule has 3 N–H and O–H groups in total. The average Bonchev–Trinajstić information content (AvgIpc) is 2.01. The number of aromatic amines is 1. The number of hydrogen-bond donors (Lipinski definition) is 2. The Bertz CT molecular complexity index is 456. The fraction of sp³-hybridized carbons (Fsp3) is 0.167. The van der Waals surface area contributed by atoms with E-state index in [-0.39, 0.29) is 0 Å². The normalized spacial score (nSPS) is 11.0. The molecule has 14 heavy (non-hydrogen) atoms. The summed E-state index contributed by atoms with van der Waals surface area (Å²) in [6.07, 6.45) is -4.87. The Morgan fingerprint density at radius 2 is 2.07 bits per heavy atom. The zero-order chi connectivity index (χ0) is 10.9. The lowest BCUT2D eigenvalue weighted by molar-refractivity contribution is -0.141. The van der Waals surface area contributed by atoms with Crippen LogP contribution >= 0.6 is 0 Å². The van der Waals surface area contributed by atoms with Crippen LogP contribution in [0.2, 0.25) is 0 Å². The molecule has 0 atom stereocenters. The summed E-state index contributed by atoms with van der Waals surface area (Å²) < 4.78 is 36.5. The van der Waals surface area contributed by atoms with Crippen LogP contribution in [-0.2, 0) is 6.18 Å². The van der Waals surface area contributed by atoms with Crippen LogP contribution in [0.4, 0.5) is 19.1 Å². The van der Waals surface area contributed by atoms with Crippen LogP contribution in [0, 0.1) is 11.3 Å². The molecule has 0 aliphatic carbocycles. The zero-order valence-corrected chi connectivity index (χ0v) is 6.51. The molecule has 8 heteroatoms. The third kappa shape index (κ3) is 1.66. The number of nitriles is 1. The quantitative estimate of drug-likeness (QED) is 0.632. The molecule has 74 valence electrons. The van der Waals surface area contributed by atoms with Crippen molar-refractivity contribution in [2.24, 2.45) is 0 Å². The Morgan fingerprint density at radius 3 is 2.50 bits per heavy atom. The number of H-pyrrole nitrogens is 1. The second-order valence-corrected chi connectivity index (χ2v) is 2.28. The molecule has 0 unspecified atom stereocenters. The van der Waals surface area contributed by atoms with Gasteiger partial charge in [0.15, 0.2) is 5.69 Å². The van der Waals surface area contributed by atoms with E-state index in [9.17, 15) is 18.0 Å². The second kappa shape index (κ2) is 3.02. The van der Waals surface area contributed by atoms with Gasteiger partial charge in [0, 0.05) is 0 Å². The molecule has 0 saturated carbocycles. The lowest BCUT2D eigenvalue weighted by Crippen LogP contribution is -2.22. The smallest absolute Gasteiger partial charge is 0.369 e. The molecule has 1 rings (SSSR count). The van der Waals surface area contributed by atoms with E-state index in [1.54, 1.807) is 4.98 Å². The van der Waals surface area contributed by atoms with Crippen molar-refractivity contribution in [1.82, 2.24) is 9.97 Å². The van der Waals surface area contributed by atoms with Gasteiger partial charge < -0.3 is 5.73 Å². The number of nitrogens with one attached hydrogen (secondary N) is 1. The fourth-order valence-corrected chi connectivity index (χ4v) is 0.800. The summed E-state index contributed by atoms with van der Waals surface area (Å²) >= 11 is 0. The number of anilines is 1. The zero-order valence-electron chi connectivity index (χ0n) is 6.51. The topological polar surface area (TPSA) is 95.6 Å². The van der Waals surface area contributed by atoms with E-state index in [0.29, 0.717) is 0 Å². The lowest BCUT2D eigenvalue weighted by Gasteiger charge is -2.06. The van der Waals surface area contributed by atoms with E-state index < -0.39 is 28.9 Å². The predicted octanol–water partition coefficient (Wildman–Crippen LogP) is 0.243. The van der Waals surface area contributed by atoms with Crippen molar-refractivity contribution in [2.75, 3.05) is 5.73 Å². The number of hydrogen-bond acceptors (Lipinski definition) is 4. The molecule has 0 aliphatic heterocycles. The van der Waals surface area contributed by atoms with E-state index >= 15 is 0 Å². The lowest BCUT2D eigenvalue weighted by atomic mass is 10.2. The highest BCUT2D eigenvalue weighted by Crippen LogP contribution is 2.28. The summed E-state index contributed by atoms with van der Waals surface area (Å²) in [7, 11) is 0. The number of halogens is 3. The molecule has 1 aromatic rings. The van der Waals surface area contributed by atoms with Gasteiger partial charge in [-0.1, -0.05) is 0 Å². The first-order valence-electron chi connectivity index (χ1n) is 3.23. The fourth-order valence-electron chi connectivity index (χ4n) is 0.800. The number of aromatic nitrogens is 2. The second-order valence-electron chi connectivity index (χ2n) is 2.28. The molecule has 0 radical (unpaired) electrons. The number of nitrogens with zero attached hydrogens (tertiary/aromatic N) is 2. The van der Waals surface area contributed by atoms with Crippen molar-refractivity contribution in [3.05, 3.63) is 21.6 Å². The number of nitrogens with two attached hydrogens (primary N) is 1. The summed E-state index contributed by atoms with van der Waals surface area (Å²) in [6.45, 7) is 0. The molecule has 0 aliphatic rings. The van der Waals surface area contributed by atoms with E-state index in [2.05, 4.69) is 4.98 Å². The molecule has 0 bridgehead atoms. The number of alkyl halides is 3. The van der Waals surface area contributed by atoms with Crippen molar-refractivity contribution in [1.29, 1.82) is 5.26 Å². The van der Waals surface area contributed by atoms with Gasteiger partial charge in [-0.3, -0.25) is 9.78 Å². The predicted molar refractivity (Wildman–Crippen MR) is 39.0 cm³/mol. The van der Waals surface area contributed by atoms with Crippen LogP contribution in [0.3, 0.4) is 0 Å². The van der Waals surface area contributed by atoms with Gasteiger partial charge in [-0.15, -0.1) is 0 Å². The highest BCUT2D eigenvalue weighted by molar-refractivity contribution is 5.36. The maximum Gasteiger partial charge on any atom is 0.435 e. The van der Waals surface area contributed by atoms with Crippen LogP contribution in [0.1, 0.15) is 11.3 Å². The third-order valence-electron chi connectivity index (χ3n) is 1.32. The summed E-state index contributed by atoms with van der Waals surface area (Å²) in [5.74, 6) is -0.679. The summed E-state index contributed by atoms with van der Waals surface area (Å²) in [5, 5.41) is 8.30. The van der Waals surface area contributed by atoms with Crippen LogP contribution in [0.15, 0.2) is 4.79 Å². The first-order chi connectivity index (χ1) is 6.36. The minimum atomic E-state index is -4.87. The van der Waals surface area contributed by atoms with Crippen molar-refractivity contribution >= 4 is 5.95 Å². The summed E-state index contributed by atoms with van der Waals surface area (Å²) in [4.78, 5) is 15.5. The first kappa shape index (κ1) is 10.0. The van der Waals surface area contributed by atoms with Gasteiger partial charge in [-0.05, 0) is 0 Å². The number of nitrogen functional groups attached to an aromatic ring is 1. The van der Waals surface area contributed by atoms with Crippen LogP contribution in [0.5, 0.6) is 0 Å². The molecule has 0 fully saturated rings. The molecular formula is C6H3F3N4O. The molecule has 0 aromatic carbocycles. The highest BCUT2D eigenvalue weighted by Gasteiger charge is 2.37. The number of rotatable bonds is 0. The van der Waals surface area contributed by atoms with Crippen molar-refractivity contribution in [2.45, 2.75) is 6.18 Å². The Labute approximate surface area is 75.0 Å². The minimum absolute atomic E-state index is 0.679. The summed E-state index contributed by atoms with van der Waals surface area (Å²) in [6, 6.07) is 1.12. The highest BCUT2D eigenvalue weighted by atomic mass is 19.4. The van der Waals surface area contributed by atoms with Crippen molar-refractivity contribution < 1.29 is 13.2 Å². The Kier molecular flexibility index (Phi) is 2.17. The van der Waals surface area contributed by atoms with Gasteiger partial charge in [-0.2, -0.15) is 18.4 Å². The Morgan fingerprint density at radius 1 is 1.50 bits per heavy atom. The van der Waals surface area contributed by atoms with Crippen LogP contribution in [-0.4, -0.2) is 9.97 Å². The Hall–Kier alpha value is -2.04. The van der Waals surface area contributed by atoms with Crippen LogP contribution in [0.25, 0.3) is 0 Å². The first-order valence-corrected chi connectivity index (χ1v) is 3.23. The van der Waals surface area contributed by atoms with E-state index in [1.807, 2.05) is 0 Å². The monoisotopic (exact) mass is 204 g/mol. The van der Waals surface area contributed by atoms with Gasteiger partial charge in [0.1, 0.15) is 11.6 Å². The standard InChI is InChI=1S/C6H3F3N4O/c7-6(8,9)3-2(1-10)4(14)13-5(11)12-3/h(H3,11,12,13,14). The third-order valence-corrected chi connectivity index (χ3v) is 1.32. The van der Waals surface area contributed by atoms with Crippen molar-refractivity contribution in [3.8, 4) is 6.07 Å². The molecular weight excluding hydrogens is 201 g/mol. The summed E-state index contributed by atoms with van der Waals surface area (Å²) in [5.41, 5.74) is 1.04. The van der Waals surface area contributed by atoms with Gasteiger partial charge in [-0.25, -0.2) is 4.98 Å². The van der Waals surface area contributed by atoms with E-state index in [4.69, 9.17) is 11.0 Å². The molecule has 1 aromatic heterocycles. The average molecular weight is 204 g/mol. The van der Waals surface area contributed by atoms with E-state index in [0.717, 1.165) is 6.07 Å². The Balaban J connectivity index is 3.59. The maximum absolute atomic E-state index is 12.2. The molecule has 0 saturated heterocycles. The largest absolute Gasteiger partial charge is 0.435 e. The van der Waals surface area contributed by atoms with Gasteiger partial charge in [0.05, 0.1) is 0 Å². The minimum Gasteiger partial charge on any atom is -0.369 e. The van der Waals surface area contributed by atoms with Gasteiger partial charge >= 0.3 is 6.18 Å². The SMILES string of the molecule is N#Cc1c(C(F)(F)F)nc(N)[nH]c1=O. The van der Waals surface area contributed by atoms with Gasteiger partial charge in [0.25, 0.3) is 5.56 Å². The molecule has 5 nitrogen and oxygen atoms in total. The maximum atomic E-state index is 12.2. The molecule has 0 spiro atoms. The van der Waals surface area contributed by atoms with Gasteiger partial charge in [0.2, 0.25) is 5.95 Å². The van der Waals surface area contributed by atoms with E-state index in [1.165, 1.54) is 0 Å². The van der Waals surface area contributed by atoms with Crippen LogP contribution < -0.4 is 11.3 Å². The van der Waals surface area contributed by atoms with Crippen molar-refractivity contribution in [3.63, 3.8) is 0 Å².